The van der Waals surface area contributed by atoms with Crippen LogP contribution < -0.4 is 5.32 Å². The molecule has 2 aromatic carbocycles. The van der Waals surface area contributed by atoms with Gasteiger partial charge in [0.1, 0.15) is 0 Å². The number of amides is 1. The fourth-order valence-corrected chi connectivity index (χ4v) is 2.10. The van der Waals surface area contributed by atoms with Crippen molar-refractivity contribution in [1.82, 2.24) is 10.2 Å². The summed E-state index contributed by atoms with van der Waals surface area (Å²) in [6.07, 6.45) is 1.71. The Morgan fingerprint density at radius 2 is 2.14 bits per heavy atom. The molecule has 0 aliphatic heterocycles. The van der Waals surface area contributed by atoms with E-state index in [0.717, 1.165) is 16.5 Å². The largest absolute Gasteiger partial charge is 0.322 e. The van der Waals surface area contributed by atoms with Crippen molar-refractivity contribution in [3.05, 3.63) is 59.3 Å². The highest BCUT2D eigenvalue weighted by Gasteiger charge is 2.09. The van der Waals surface area contributed by atoms with E-state index < -0.39 is 0 Å². The van der Waals surface area contributed by atoms with Crippen LogP contribution in [0.25, 0.3) is 10.9 Å². The van der Waals surface area contributed by atoms with Crippen molar-refractivity contribution in [2.75, 3.05) is 5.32 Å². The van der Waals surface area contributed by atoms with Gasteiger partial charge in [0.2, 0.25) is 0 Å². The zero-order valence-electron chi connectivity index (χ0n) is 11.3. The summed E-state index contributed by atoms with van der Waals surface area (Å²) in [5.74, 6) is -0.218. The van der Waals surface area contributed by atoms with E-state index >= 15 is 0 Å². The predicted molar refractivity (Wildman–Crippen MR) is 79.9 cm³/mol. The first kappa shape index (κ1) is 12.9. The van der Waals surface area contributed by atoms with Gasteiger partial charge in [0, 0.05) is 16.6 Å². The van der Waals surface area contributed by atoms with Gasteiger partial charge < -0.3 is 5.32 Å². The van der Waals surface area contributed by atoms with Gasteiger partial charge in [-0.15, -0.1) is 0 Å². The number of rotatable bonds is 2. The summed E-state index contributed by atoms with van der Waals surface area (Å²) in [4.78, 5) is 12.3. The van der Waals surface area contributed by atoms with Gasteiger partial charge in [-0.2, -0.15) is 10.4 Å². The topological polar surface area (TPSA) is 81.6 Å². The zero-order valence-corrected chi connectivity index (χ0v) is 11.3. The molecule has 3 rings (SSSR count). The summed E-state index contributed by atoms with van der Waals surface area (Å²) >= 11 is 0. The lowest BCUT2D eigenvalue weighted by atomic mass is 10.1. The Labute approximate surface area is 121 Å². The molecular formula is C16H12N4O. The number of hydrogen-bond donors (Lipinski definition) is 2. The van der Waals surface area contributed by atoms with Gasteiger partial charge in [0.25, 0.3) is 5.91 Å². The SMILES string of the molecule is Cc1ccc(C#N)cc1NC(=O)c1ccc2cn[nH]c2c1. The Balaban J connectivity index is 1.90. The maximum absolute atomic E-state index is 12.3. The average molecular weight is 276 g/mol. The molecule has 5 nitrogen and oxygen atoms in total. The number of nitrogens with zero attached hydrogens (tertiary/aromatic N) is 2. The van der Waals surface area contributed by atoms with Crippen LogP contribution in [-0.4, -0.2) is 16.1 Å². The normalized spacial score (nSPS) is 10.3. The molecule has 0 aliphatic rings. The number of aromatic amines is 1. The first-order chi connectivity index (χ1) is 10.2. The second-order valence-corrected chi connectivity index (χ2v) is 4.77. The molecule has 0 radical (unpaired) electrons. The third-order valence-electron chi connectivity index (χ3n) is 3.32. The van der Waals surface area contributed by atoms with E-state index in [-0.39, 0.29) is 5.91 Å². The minimum Gasteiger partial charge on any atom is -0.322 e. The molecule has 2 N–H and O–H groups in total. The van der Waals surface area contributed by atoms with Crippen molar-refractivity contribution in [2.45, 2.75) is 6.92 Å². The number of anilines is 1. The lowest BCUT2D eigenvalue weighted by Gasteiger charge is -2.08. The Kier molecular flexibility index (Phi) is 3.13. The van der Waals surface area contributed by atoms with Crippen molar-refractivity contribution in [2.24, 2.45) is 0 Å². The van der Waals surface area contributed by atoms with Crippen LogP contribution in [0.3, 0.4) is 0 Å². The summed E-state index contributed by atoms with van der Waals surface area (Å²) in [7, 11) is 0. The van der Waals surface area contributed by atoms with E-state index in [1.807, 2.05) is 19.1 Å². The summed E-state index contributed by atoms with van der Waals surface area (Å²) in [6.45, 7) is 1.88. The number of aryl methyl sites for hydroxylation is 1. The van der Waals surface area contributed by atoms with Gasteiger partial charge in [-0.25, -0.2) is 0 Å². The van der Waals surface area contributed by atoms with Crippen LogP contribution in [-0.2, 0) is 0 Å². The van der Waals surface area contributed by atoms with Crippen molar-refractivity contribution < 1.29 is 4.79 Å². The molecule has 0 unspecified atom stereocenters. The molecule has 0 aliphatic carbocycles. The molecule has 3 aromatic rings. The van der Waals surface area contributed by atoms with E-state index in [0.29, 0.717) is 16.8 Å². The maximum Gasteiger partial charge on any atom is 0.255 e. The molecule has 21 heavy (non-hydrogen) atoms. The Bertz CT molecular complexity index is 873. The molecule has 0 bridgehead atoms. The minimum absolute atomic E-state index is 0.218. The van der Waals surface area contributed by atoms with E-state index in [1.165, 1.54) is 0 Å². The molecular weight excluding hydrogens is 264 g/mol. The quantitative estimate of drug-likeness (QED) is 0.754. The fourth-order valence-electron chi connectivity index (χ4n) is 2.10. The summed E-state index contributed by atoms with van der Waals surface area (Å²) in [5.41, 5.74) is 3.41. The monoisotopic (exact) mass is 276 g/mol. The van der Waals surface area contributed by atoms with Crippen LogP contribution in [0.15, 0.2) is 42.6 Å². The molecule has 0 atom stereocenters. The number of carbonyl (C=O) groups excluding carboxylic acids is 1. The molecule has 0 saturated heterocycles. The molecule has 5 heteroatoms. The number of nitriles is 1. The van der Waals surface area contributed by atoms with Crippen molar-refractivity contribution in [3.63, 3.8) is 0 Å². The van der Waals surface area contributed by atoms with E-state index in [9.17, 15) is 4.79 Å². The van der Waals surface area contributed by atoms with Gasteiger partial charge in [-0.3, -0.25) is 9.89 Å². The molecule has 1 aromatic heterocycles. The third-order valence-corrected chi connectivity index (χ3v) is 3.32. The number of benzene rings is 2. The van der Waals surface area contributed by atoms with Crippen LogP contribution in [0.4, 0.5) is 5.69 Å². The summed E-state index contributed by atoms with van der Waals surface area (Å²) < 4.78 is 0. The average Bonchev–Trinajstić information content (AvgIpc) is 2.96. The Hall–Kier alpha value is -3.13. The number of nitrogens with one attached hydrogen (secondary N) is 2. The molecule has 0 fully saturated rings. The van der Waals surface area contributed by atoms with Crippen LogP contribution in [0.5, 0.6) is 0 Å². The second kappa shape index (κ2) is 5.10. The van der Waals surface area contributed by atoms with Crippen molar-refractivity contribution >= 4 is 22.5 Å². The standard InChI is InChI=1S/C16H12N4O/c1-10-2-3-11(8-17)6-14(10)19-16(21)12-4-5-13-9-18-20-15(13)7-12/h2-7,9H,1H3,(H,18,20)(H,19,21). The smallest absolute Gasteiger partial charge is 0.255 e. The number of H-pyrrole nitrogens is 1. The van der Waals surface area contributed by atoms with Gasteiger partial charge >= 0.3 is 0 Å². The van der Waals surface area contributed by atoms with Crippen LogP contribution in [0, 0.1) is 18.3 Å². The molecule has 0 saturated carbocycles. The van der Waals surface area contributed by atoms with Gasteiger partial charge in [0.05, 0.1) is 23.3 Å². The second-order valence-electron chi connectivity index (χ2n) is 4.77. The van der Waals surface area contributed by atoms with Crippen LogP contribution in [0.1, 0.15) is 21.5 Å². The minimum atomic E-state index is -0.218. The van der Waals surface area contributed by atoms with E-state index in [1.54, 1.807) is 30.5 Å². The van der Waals surface area contributed by atoms with Crippen LogP contribution >= 0.6 is 0 Å². The van der Waals surface area contributed by atoms with Gasteiger partial charge in [-0.05, 0) is 36.8 Å². The number of carbonyl (C=O) groups is 1. The first-order valence-corrected chi connectivity index (χ1v) is 6.42. The first-order valence-electron chi connectivity index (χ1n) is 6.42. The van der Waals surface area contributed by atoms with E-state index in [2.05, 4.69) is 21.6 Å². The van der Waals surface area contributed by atoms with Crippen molar-refractivity contribution in [3.8, 4) is 6.07 Å². The highest BCUT2D eigenvalue weighted by atomic mass is 16.1. The highest BCUT2D eigenvalue weighted by molar-refractivity contribution is 6.06. The molecule has 102 valence electrons. The van der Waals surface area contributed by atoms with Crippen molar-refractivity contribution in [1.29, 1.82) is 5.26 Å². The predicted octanol–water partition coefficient (Wildman–Crippen LogP) is 3.00. The van der Waals surface area contributed by atoms with Gasteiger partial charge in [-0.1, -0.05) is 12.1 Å². The number of fused-ring (bicyclic) bond motifs is 1. The Morgan fingerprint density at radius 3 is 2.95 bits per heavy atom. The van der Waals surface area contributed by atoms with Gasteiger partial charge in [0.15, 0.2) is 0 Å². The highest BCUT2D eigenvalue weighted by Crippen LogP contribution is 2.19. The zero-order chi connectivity index (χ0) is 14.8. The number of hydrogen-bond acceptors (Lipinski definition) is 3. The maximum atomic E-state index is 12.3. The van der Waals surface area contributed by atoms with E-state index in [4.69, 9.17) is 5.26 Å². The molecule has 0 spiro atoms. The Morgan fingerprint density at radius 1 is 1.29 bits per heavy atom. The lowest BCUT2D eigenvalue weighted by Crippen LogP contribution is -2.12. The van der Waals surface area contributed by atoms with Crippen LogP contribution in [0.2, 0.25) is 0 Å². The third kappa shape index (κ3) is 2.47. The molecule has 1 heterocycles. The number of aromatic nitrogens is 2. The lowest BCUT2D eigenvalue weighted by molar-refractivity contribution is 0.102. The summed E-state index contributed by atoms with van der Waals surface area (Å²) in [5, 5.41) is 19.5. The summed E-state index contributed by atoms with van der Waals surface area (Å²) in [6, 6.07) is 12.6. The molecule has 1 amide bonds. The fraction of sp³-hybridized carbons (Fsp3) is 0.0625.